The van der Waals surface area contributed by atoms with Crippen LogP contribution in [0.2, 0.25) is 0 Å². The number of nitrogens with zero attached hydrogens (tertiary/aromatic N) is 7. The first kappa shape index (κ1) is 38.4. The van der Waals surface area contributed by atoms with Crippen molar-refractivity contribution in [3.63, 3.8) is 0 Å². The van der Waals surface area contributed by atoms with Crippen molar-refractivity contribution >= 4 is 0 Å². The molecule has 0 aliphatic heterocycles. The van der Waals surface area contributed by atoms with Crippen LogP contribution < -0.4 is 0 Å². The van der Waals surface area contributed by atoms with Crippen molar-refractivity contribution in [3.8, 4) is 108 Å². The normalized spacial score (nSPS) is 10.9. The maximum atomic E-state index is 14.8. The standard InChI is InChI=1S/C55H34FN7/c56-43-31-29-38(30-32-43)49-47(55-62-52(41-19-9-3-10-20-41)59-53(63-55)42-21-11-4-12-22-42)34-33-45(48(49)37-27-25-36(35-57)26-28-37)44-23-13-14-24-46(44)54-60-50(39-15-5-1-6-16-39)58-51(61-54)40-17-7-2-8-18-40/h1-34H. The van der Waals surface area contributed by atoms with Gasteiger partial charge in [-0.3, -0.25) is 0 Å². The fourth-order valence-corrected chi connectivity index (χ4v) is 7.71. The summed E-state index contributed by atoms with van der Waals surface area (Å²) in [6, 6.07) is 67.8. The van der Waals surface area contributed by atoms with Gasteiger partial charge < -0.3 is 0 Å². The second kappa shape index (κ2) is 17.1. The van der Waals surface area contributed by atoms with E-state index in [2.05, 4.69) is 18.2 Å². The van der Waals surface area contributed by atoms with Gasteiger partial charge in [0, 0.05) is 38.9 Å². The Hall–Kier alpha value is -8.80. The van der Waals surface area contributed by atoms with Crippen molar-refractivity contribution in [2.75, 3.05) is 0 Å². The van der Waals surface area contributed by atoms with Crippen molar-refractivity contribution in [1.82, 2.24) is 29.9 Å². The predicted octanol–water partition coefficient (Wildman–Crippen LogP) is 13.1. The number of nitriles is 1. The van der Waals surface area contributed by atoms with Gasteiger partial charge >= 0.3 is 0 Å². The zero-order valence-corrected chi connectivity index (χ0v) is 33.6. The van der Waals surface area contributed by atoms with Crippen LogP contribution in [0.4, 0.5) is 4.39 Å². The molecule has 63 heavy (non-hydrogen) atoms. The average molecular weight is 812 g/mol. The summed E-state index contributed by atoms with van der Waals surface area (Å²) < 4.78 is 14.8. The minimum atomic E-state index is -0.363. The second-order valence-electron chi connectivity index (χ2n) is 14.7. The zero-order valence-electron chi connectivity index (χ0n) is 33.6. The third-order valence-corrected chi connectivity index (χ3v) is 10.7. The van der Waals surface area contributed by atoms with Gasteiger partial charge in [-0.2, -0.15) is 5.26 Å². The van der Waals surface area contributed by atoms with Crippen LogP contribution in [0.15, 0.2) is 206 Å². The van der Waals surface area contributed by atoms with E-state index in [1.165, 1.54) is 12.1 Å². The van der Waals surface area contributed by atoms with Crippen LogP contribution in [0, 0.1) is 17.1 Å². The van der Waals surface area contributed by atoms with Crippen molar-refractivity contribution in [3.05, 3.63) is 218 Å². The molecule has 0 fully saturated rings. The van der Waals surface area contributed by atoms with Gasteiger partial charge in [-0.15, -0.1) is 0 Å². The summed E-state index contributed by atoms with van der Waals surface area (Å²) in [7, 11) is 0. The van der Waals surface area contributed by atoms with Crippen LogP contribution in [-0.4, -0.2) is 29.9 Å². The summed E-state index contributed by atoms with van der Waals surface area (Å²) in [6.07, 6.45) is 0. The third-order valence-electron chi connectivity index (χ3n) is 10.7. The Labute approximate surface area is 363 Å². The molecule has 0 aliphatic carbocycles. The minimum Gasteiger partial charge on any atom is -0.208 e. The fraction of sp³-hybridized carbons (Fsp3) is 0. The Morgan fingerprint density at radius 1 is 0.286 bits per heavy atom. The quantitative estimate of drug-likeness (QED) is 0.143. The zero-order chi connectivity index (χ0) is 42.5. The van der Waals surface area contributed by atoms with E-state index in [1.807, 2.05) is 158 Å². The van der Waals surface area contributed by atoms with Crippen molar-refractivity contribution in [1.29, 1.82) is 5.26 Å². The van der Waals surface area contributed by atoms with E-state index < -0.39 is 0 Å². The summed E-state index contributed by atoms with van der Waals surface area (Å²) in [5.74, 6) is 2.68. The van der Waals surface area contributed by atoms with Crippen LogP contribution in [0.25, 0.3) is 102 Å². The van der Waals surface area contributed by atoms with Gasteiger partial charge in [-0.1, -0.05) is 176 Å². The molecule has 0 aliphatic rings. The Morgan fingerprint density at radius 3 is 1.05 bits per heavy atom. The molecule has 0 saturated carbocycles. The van der Waals surface area contributed by atoms with Gasteiger partial charge in [0.05, 0.1) is 11.6 Å². The first-order valence-electron chi connectivity index (χ1n) is 20.4. The maximum absolute atomic E-state index is 14.8. The molecule has 0 N–H and O–H groups in total. The highest BCUT2D eigenvalue weighted by molar-refractivity contribution is 6.03. The number of rotatable bonds is 9. The number of aromatic nitrogens is 6. The lowest BCUT2D eigenvalue weighted by Crippen LogP contribution is -2.03. The van der Waals surface area contributed by atoms with Gasteiger partial charge in [0.15, 0.2) is 34.9 Å². The molecule has 7 nitrogen and oxygen atoms in total. The molecule has 10 aromatic rings. The van der Waals surface area contributed by atoms with E-state index in [0.717, 1.165) is 61.2 Å². The van der Waals surface area contributed by atoms with Crippen LogP contribution in [0.3, 0.4) is 0 Å². The van der Waals surface area contributed by atoms with Crippen LogP contribution in [-0.2, 0) is 0 Å². The molecule has 2 aromatic heterocycles. The van der Waals surface area contributed by atoms with Gasteiger partial charge in [-0.05, 0) is 58.1 Å². The lowest BCUT2D eigenvalue weighted by atomic mass is 9.83. The van der Waals surface area contributed by atoms with Crippen molar-refractivity contribution in [2.24, 2.45) is 0 Å². The monoisotopic (exact) mass is 811 g/mol. The molecule has 2 heterocycles. The van der Waals surface area contributed by atoms with Gasteiger partial charge in [0.25, 0.3) is 0 Å². The van der Waals surface area contributed by atoms with Gasteiger partial charge in [0.1, 0.15) is 5.82 Å². The van der Waals surface area contributed by atoms with E-state index in [9.17, 15) is 9.65 Å². The maximum Gasteiger partial charge on any atom is 0.164 e. The molecule has 0 radical (unpaired) electrons. The van der Waals surface area contributed by atoms with Gasteiger partial charge in [-0.25, -0.2) is 34.3 Å². The molecule has 10 rings (SSSR count). The van der Waals surface area contributed by atoms with Crippen LogP contribution >= 0.6 is 0 Å². The van der Waals surface area contributed by atoms with Gasteiger partial charge in [0.2, 0.25) is 0 Å². The highest BCUT2D eigenvalue weighted by atomic mass is 19.1. The Morgan fingerprint density at radius 2 is 0.619 bits per heavy atom. The summed E-state index contributed by atoms with van der Waals surface area (Å²) >= 11 is 0. The third kappa shape index (κ3) is 7.86. The van der Waals surface area contributed by atoms with E-state index in [-0.39, 0.29) is 5.82 Å². The molecule has 8 heteroatoms. The van der Waals surface area contributed by atoms with Crippen LogP contribution in [0.5, 0.6) is 0 Å². The topological polar surface area (TPSA) is 101 Å². The molecule has 0 amide bonds. The lowest BCUT2D eigenvalue weighted by Gasteiger charge is -2.21. The largest absolute Gasteiger partial charge is 0.208 e. The Kier molecular flexibility index (Phi) is 10.4. The molecule has 0 saturated heterocycles. The first-order valence-corrected chi connectivity index (χ1v) is 20.4. The minimum absolute atomic E-state index is 0.363. The summed E-state index contributed by atoms with van der Waals surface area (Å²) in [5, 5.41) is 9.87. The molecule has 8 aromatic carbocycles. The Balaban J connectivity index is 1.27. The summed E-state index contributed by atoms with van der Waals surface area (Å²) in [4.78, 5) is 30.4. The molecule has 296 valence electrons. The number of benzene rings is 8. The molecule has 0 spiro atoms. The second-order valence-corrected chi connectivity index (χ2v) is 14.7. The fourth-order valence-electron chi connectivity index (χ4n) is 7.71. The van der Waals surface area contributed by atoms with Crippen LogP contribution in [0.1, 0.15) is 5.56 Å². The number of halogens is 1. The lowest BCUT2D eigenvalue weighted by molar-refractivity contribution is 0.628. The highest BCUT2D eigenvalue weighted by Gasteiger charge is 2.25. The summed E-state index contributed by atoms with van der Waals surface area (Å²) in [5.41, 5.74) is 10.2. The van der Waals surface area contributed by atoms with Crippen molar-refractivity contribution < 1.29 is 4.39 Å². The average Bonchev–Trinajstić information content (AvgIpc) is 3.37. The molecule has 0 unspecified atom stereocenters. The highest BCUT2D eigenvalue weighted by Crippen LogP contribution is 2.47. The van der Waals surface area contributed by atoms with E-state index in [4.69, 9.17) is 29.9 Å². The number of hydrogen-bond donors (Lipinski definition) is 0. The molecular formula is C55H34FN7. The predicted molar refractivity (Wildman–Crippen MR) is 247 cm³/mol. The van der Waals surface area contributed by atoms with E-state index in [0.29, 0.717) is 46.1 Å². The molecule has 0 atom stereocenters. The number of hydrogen-bond acceptors (Lipinski definition) is 7. The molecular weight excluding hydrogens is 778 g/mol. The SMILES string of the molecule is N#Cc1ccc(-c2c(-c3ccccc3-c3nc(-c4ccccc4)nc(-c4ccccc4)n3)ccc(-c3nc(-c4ccccc4)nc(-c4ccccc4)n3)c2-c2ccc(F)cc2)cc1. The summed E-state index contributed by atoms with van der Waals surface area (Å²) in [6.45, 7) is 0. The first-order chi connectivity index (χ1) is 31.1. The Bertz CT molecular complexity index is 3150. The van der Waals surface area contributed by atoms with E-state index >= 15 is 0 Å². The smallest absolute Gasteiger partial charge is 0.164 e. The van der Waals surface area contributed by atoms with Crippen molar-refractivity contribution in [2.45, 2.75) is 0 Å². The molecule has 0 bridgehead atoms. The van der Waals surface area contributed by atoms with E-state index in [1.54, 1.807) is 24.3 Å².